The molecule has 3 rings (SSSR count). The number of benzene rings is 2. The van der Waals surface area contributed by atoms with Crippen molar-refractivity contribution in [2.24, 2.45) is 11.7 Å². The lowest BCUT2D eigenvalue weighted by Gasteiger charge is -2.32. The highest BCUT2D eigenvalue weighted by molar-refractivity contribution is 6.33. The molecular formula is C25H33Cl2FN4O4. The number of piperidine rings is 1. The number of nitrogens with one attached hydrogen (secondary N) is 1. The molecule has 1 unspecified atom stereocenters. The van der Waals surface area contributed by atoms with Crippen LogP contribution in [0.2, 0.25) is 5.02 Å². The number of amides is 2. The van der Waals surface area contributed by atoms with Gasteiger partial charge >= 0.3 is 6.09 Å². The molecule has 2 amide bonds. The maximum absolute atomic E-state index is 13.2. The Labute approximate surface area is 221 Å². The maximum Gasteiger partial charge on any atom is 0.404 e. The van der Waals surface area contributed by atoms with Crippen LogP contribution in [-0.4, -0.2) is 56.3 Å². The van der Waals surface area contributed by atoms with Crippen LogP contribution in [0.5, 0.6) is 5.75 Å². The fraction of sp³-hybridized carbons (Fsp3) is 0.440. The summed E-state index contributed by atoms with van der Waals surface area (Å²) in [5.74, 6) is 0.171. The molecule has 0 saturated carbocycles. The first kappa shape index (κ1) is 29.5. The number of anilines is 1. The van der Waals surface area contributed by atoms with Crippen LogP contribution in [0, 0.1) is 11.7 Å². The van der Waals surface area contributed by atoms with Crippen molar-refractivity contribution in [2.45, 2.75) is 31.8 Å². The van der Waals surface area contributed by atoms with E-state index in [1.54, 1.807) is 18.2 Å². The Morgan fingerprint density at radius 1 is 1.22 bits per heavy atom. The quantitative estimate of drug-likeness (QED) is 0.390. The Morgan fingerprint density at radius 2 is 1.89 bits per heavy atom. The maximum atomic E-state index is 13.2. The molecule has 0 aromatic heterocycles. The van der Waals surface area contributed by atoms with Crippen LogP contribution in [0.15, 0.2) is 36.4 Å². The van der Waals surface area contributed by atoms with E-state index in [1.807, 2.05) is 0 Å². The highest BCUT2D eigenvalue weighted by Crippen LogP contribution is 2.29. The van der Waals surface area contributed by atoms with Gasteiger partial charge in [-0.2, -0.15) is 0 Å². The average Bonchev–Trinajstić information content (AvgIpc) is 2.84. The molecule has 1 atom stereocenters. The lowest BCUT2D eigenvalue weighted by Crippen LogP contribution is -2.40. The van der Waals surface area contributed by atoms with E-state index in [-0.39, 0.29) is 30.2 Å². The van der Waals surface area contributed by atoms with Gasteiger partial charge in [0.1, 0.15) is 17.7 Å². The van der Waals surface area contributed by atoms with Crippen molar-refractivity contribution >= 4 is 41.7 Å². The molecule has 1 fully saturated rings. The molecule has 36 heavy (non-hydrogen) atoms. The van der Waals surface area contributed by atoms with Gasteiger partial charge in [-0.3, -0.25) is 4.79 Å². The summed E-state index contributed by atoms with van der Waals surface area (Å²) in [7, 11) is 1.48. The Hall–Kier alpha value is -2.75. The number of carbonyl (C=O) groups is 2. The topological polar surface area (TPSA) is 120 Å². The van der Waals surface area contributed by atoms with Gasteiger partial charge in [0.15, 0.2) is 0 Å². The van der Waals surface area contributed by atoms with Crippen LogP contribution >= 0.6 is 24.0 Å². The minimum absolute atomic E-state index is 0. The number of nitrogen functional groups attached to an aromatic ring is 1. The van der Waals surface area contributed by atoms with E-state index in [1.165, 1.54) is 25.3 Å². The molecule has 11 heteroatoms. The Kier molecular flexibility index (Phi) is 11.6. The van der Waals surface area contributed by atoms with Crippen molar-refractivity contribution in [1.29, 1.82) is 0 Å². The molecule has 0 bridgehead atoms. The van der Waals surface area contributed by atoms with E-state index in [0.717, 1.165) is 38.0 Å². The summed E-state index contributed by atoms with van der Waals surface area (Å²) in [6, 6.07) is 9.20. The van der Waals surface area contributed by atoms with Crippen molar-refractivity contribution in [2.75, 3.05) is 39.0 Å². The van der Waals surface area contributed by atoms with Crippen molar-refractivity contribution < 1.29 is 23.5 Å². The van der Waals surface area contributed by atoms with Crippen LogP contribution in [-0.2, 0) is 11.2 Å². The van der Waals surface area contributed by atoms with E-state index in [9.17, 15) is 14.0 Å². The van der Waals surface area contributed by atoms with Gasteiger partial charge in [0.25, 0.3) is 5.91 Å². The highest BCUT2D eigenvalue weighted by Gasteiger charge is 2.23. The second-order valence-corrected chi connectivity index (χ2v) is 9.15. The fourth-order valence-electron chi connectivity index (χ4n) is 4.24. The number of carbonyl (C=O) groups excluding carboxylic acids is 2. The van der Waals surface area contributed by atoms with E-state index in [2.05, 4.69) is 10.2 Å². The lowest BCUT2D eigenvalue weighted by molar-refractivity contribution is 0.0842. The summed E-state index contributed by atoms with van der Waals surface area (Å²) in [6.07, 6.45) is 1.77. The Balaban J connectivity index is 0.00000456. The third kappa shape index (κ3) is 8.72. The first-order chi connectivity index (χ1) is 16.7. The molecule has 1 heterocycles. The van der Waals surface area contributed by atoms with Gasteiger partial charge in [-0.15, -0.1) is 12.4 Å². The van der Waals surface area contributed by atoms with Crippen LogP contribution in [0.1, 0.15) is 35.2 Å². The molecule has 8 nitrogen and oxygen atoms in total. The predicted octanol–water partition coefficient (Wildman–Crippen LogP) is 4.03. The monoisotopic (exact) mass is 542 g/mol. The minimum atomic E-state index is -0.814. The summed E-state index contributed by atoms with van der Waals surface area (Å²) in [6.45, 7) is 3.05. The largest absolute Gasteiger partial charge is 0.496 e. The van der Waals surface area contributed by atoms with Crippen molar-refractivity contribution in [3.05, 3.63) is 58.4 Å². The molecule has 5 N–H and O–H groups in total. The first-order valence-corrected chi connectivity index (χ1v) is 12.0. The molecular weight excluding hydrogens is 510 g/mol. The predicted molar refractivity (Wildman–Crippen MR) is 140 cm³/mol. The molecule has 0 aliphatic carbocycles. The number of methoxy groups -OCH3 is 1. The third-order valence-electron chi connectivity index (χ3n) is 6.25. The second kappa shape index (κ2) is 14.1. The van der Waals surface area contributed by atoms with Crippen molar-refractivity contribution in [3.63, 3.8) is 0 Å². The number of hydrogen-bond donors (Lipinski definition) is 3. The second-order valence-electron chi connectivity index (χ2n) is 8.75. The molecule has 1 aliphatic heterocycles. The summed E-state index contributed by atoms with van der Waals surface area (Å²) < 4.78 is 23.7. The lowest BCUT2D eigenvalue weighted by atomic mass is 9.96. The molecule has 0 spiro atoms. The minimum Gasteiger partial charge on any atom is -0.496 e. The van der Waals surface area contributed by atoms with E-state index >= 15 is 0 Å². The summed E-state index contributed by atoms with van der Waals surface area (Å²) in [5, 5.41) is 3.28. The Bertz CT molecular complexity index is 1020. The number of likely N-dealkylation sites (tertiary alicyclic amines) is 1. The summed E-state index contributed by atoms with van der Waals surface area (Å²) in [4.78, 5) is 26.3. The van der Waals surface area contributed by atoms with Crippen molar-refractivity contribution in [1.82, 2.24) is 10.2 Å². The third-order valence-corrected chi connectivity index (χ3v) is 6.58. The van der Waals surface area contributed by atoms with Crippen LogP contribution < -0.4 is 21.5 Å². The highest BCUT2D eigenvalue weighted by atomic mass is 35.5. The van der Waals surface area contributed by atoms with Gasteiger partial charge in [0.2, 0.25) is 0 Å². The first-order valence-electron chi connectivity index (χ1n) is 11.6. The molecule has 0 radical (unpaired) electrons. The van der Waals surface area contributed by atoms with E-state index in [0.29, 0.717) is 47.3 Å². The number of halogens is 3. The van der Waals surface area contributed by atoms with Gasteiger partial charge in [-0.1, -0.05) is 23.7 Å². The van der Waals surface area contributed by atoms with Crippen LogP contribution in [0.25, 0.3) is 0 Å². The van der Waals surface area contributed by atoms with Gasteiger partial charge < -0.3 is 31.2 Å². The average molecular weight is 543 g/mol. The smallest absolute Gasteiger partial charge is 0.404 e. The van der Waals surface area contributed by atoms with Gasteiger partial charge in [-0.25, -0.2) is 9.18 Å². The molecule has 2 aromatic carbocycles. The van der Waals surface area contributed by atoms with Crippen molar-refractivity contribution in [3.8, 4) is 5.75 Å². The number of nitrogens with two attached hydrogens (primary N) is 2. The molecule has 198 valence electrons. The van der Waals surface area contributed by atoms with Gasteiger partial charge in [0.05, 0.1) is 23.4 Å². The molecule has 1 saturated heterocycles. The molecule has 2 aromatic rings. The fourth-order valence-corrected chi connectivity index (χ4v) is 4.40. The standard InChI is InChI=1S/C25H32ClFN4O4.ClH/c1-34-23-14-22(28)21(26)13-20(23)24(32)30-15-17-6-9-31(10-7-17)11-8-19(35-25(29)33)12-16-2-4-18(27)5-3-16;/h2-5,13-14,17,19H,6-12,15,28H2,1H3,(H2,29,33)(H,30,32);1H. The van der Waals surface area contributed by atoms with E-state index < -0.39 is 6.09 Å². The zero-order valence-corrected chi connectivity index (χ0v) is 21.7. The SMILES string of the molecule is COc1cc(N)c(Cl)cc1C(=O)NCC1CCN(CCC(Cc2ccc(F)cc2)OC(N)=O)CC1.Cl. The number of primary amides is 1. The normalized spacial score (nSPS) is 15.0. The number of rotatable bonds is 10. The summed E-state index contributed by atoms with van der Waals surface area (Å²) in [5.41, 5.74) is 12.6. The zero-order chi connectivity index (χ0) is 25.4. The number of hydrogen-bond acceptors (Lipinski definition) is 6. The van der Waals surface area contributed by atoms with Crippen LogP contribution in [0.3, 0.4) is 0 Å². The van der Waals surface area contributed by atoms with Crippen LogP contribution in [0.4, 0.5) is 14.9 Å². The number of nitrogens with zero attached hydrogens (tertiary/aromatic N) is 1. The number of ether oxygens (including phenoxy) is 2. The zero-order valence-electron chi connectivity index (χ0n) is 20.2. The van der Waals surface area contributed by atoms with Gasteiger partial charge in [-0.05, 0) is 62.0 Å². The molecule has 1 aliphatic rings. The Morgan fingerprint density at radius 3 is 2.50 bits per heavy atom. The summed E-state index contributed by atoms with van der Waals surface area (Å²) >= 11 is 6.07. The van der Waals surface area contributed by atoms with Gasteiger partial charge in [0, 0.05) is 25.6 Å². The van der Waals surface area contributed by atoms with E-state index in [4.69, 9.17) is 32.5 Å².